The van der Waals surface area contributed by atoms with Crippen LogP contribution < -0.4 is 0 Å². The molecule has 1 aromatic rings. The third-order valence-electron chi connectivity index (χ3n) is 3.12. The number of carboxylic acid groups (broad SMARTS) is 1. The minimum absolute atomic E-state index is 0.278. The van der Waals surface area contributed by atoms with E-state index in [-0.39, 0.29) is 5.57 Å². The van der Waals surface area contributed by atoms with Crippen LogP contribution in [0.3, 0.4) is 0 Å². The van der Waals surface area contributed by atoms with Crippen LogP contribution in [-0.4, -0.2) is 18.2 Å². The van der Waals surface area contributed by atoms with Crippen molar-refractivity contribution in [2.75, 3.05) is 7.11 Å². The standard InChI is InChI=1S/C15H13NO3/c1-19-14-8-10(6-7-13(14)15(17)18)12-5-3-2-4-11(12)9-16/h2-5,8H,6-7H2,1H3,(H,17,18). The normalized spacial score (nSPS) is 14.6. The van der Waals surface area contributed by atoms with Gasteiger partial charge in [-0.05, 0) is 36.1 Å². The topological polar surface area (TPSA) is 70.3 Å². The summed E-state index contributed by atoms with van der Waals surface area (Å²) in [5.41, 5.74) is 2.63. The van der Waals surface area contributed by atoms with Crippen molar-refractivity contribution in [1.82, 2.24) is 0 Å². The fraction of sp³-hybridized carbons (Fsp3) is 0.200. The highest BCUT2D eigenvalue weighted by molar-refractivity contribution is 5.90. The molecule has 0 saturated carbocycles. The molecule has 1 aliphatic carbocycles. The van der Waals surface area contributed by atoms with Crippen LogP contribution in [0.25, 0.3) is 5.57 Å². The van der Waals surface area contributed by atoms with Gasteiger partial charge in [0.1, 0.15) is 5.76 Å². The molecule has 0 aliphatic heterocycles. The molecule has 1 N–H and O–H groups in total. The highest BCUT2D eigenvalue weighted by atomic mass is 16.5. The van der Waals surface area contributed by atoms with Crippen molar-refractivity contribution in [3.63, 3.8) is 0 Å². The maximum absolute atomic E-state index is 11.1. The van der Waals surface area contributed by atoms with E-state index in [1.807, 2.05) is 12.1 Å². The van der Waals surface area contributed by atoms with Crippen LogP contribution in [0.2, 0.25) is 0 Å². The van der Waals surface area contributed by atoms with E-state index in [1.165, 1.54) is 7.11 Å². The van der Waals surface area contributed by atoms with E-state index in [4.69, 9.17) is 15.1 Å². The lowest BCUT2D eigenvalue weighted by molar-refractivity contribution is -0.133. The van der Waals surface area contributed by atoms with Gasteiger partial charge in [-0.15, -0.1) is 0 Å². The zero-order valence-corrected chi connectivity index (χ0v) is 10.5. The van der Waals surface area contributed by atoms with E-state index in [9.17, 15) is 4.79 Å². The molecule has 0 saturated heterocycles. The van der Waals surface area contributed by atoms with Gasteiger partial charge < -0.3 is 9.84 Å². The summed E-state index contributed by atoms with van der Waals surface area (Å²) in [7, 11) is 1.45. The molecule has 19 heavy (non-hydrogen) atoms. The van der Waals surface area contributed by atoms with Gasteiger partial charge in [-0.25, -0.2) is 4.79 Å². The molecule has 0 spiro atoms. The van der Waals surface area contributed by atoms with E-state index >= 15 is 0 Å². The lowest BCUT2D eigenvalue weighted by atomic mass is 9.90. The van der Waals surface area contributed by atoms with Crippen molar-refractivity contribution < 1.29 is 14.6 Å². The molecule has 0 atom stereocenters. The van der Waals surface area contributed by atoms with Crippen LogP contribution in [0.1, 0.15) is 24.0 Å². The highest BCUT2D eigenvalue weighted by Crippen LogP contribution is 2.32. The van der Waals surface area contributed by atoms with E-state index in [1.54, 1.807) is 18.2 Å². The average molecular weight is 255 g/mol. The Labute approximate surface area is 111 Å². The summed E-state index contributed by atoms with van der Waals surface area (Å²) in [5.74, 6) is -0.595. The number of carbonyl (C=O) groups is 1. The number of hydrogen-bond donors (Lipinski definition) is 1. The van der Waals surface area contributed by atoms with Crippen LogP contribution in [-0.2, 0) is 9.53 Å². The number of allylic oxidation sites excluding steroid dienone is 2. The SMILES string of the molecule is COC1=C(C(=O)O)CCC(c2ccccc2C#N)=C1. The lowest BCUT2D eigenvalue weighted by Crippen LogP contribution is -2.09. The Hall–Kier alpha value is -2.54. The van der Waals surface area contributed by atoms with Crippen LogP contribution >= 0.6 is 0 Å². The lowest BCUT2D eigenvalue weighted by Gasteiger charge is -2.17. The molecule has 0 radical (unpaired) electrons. The molecule has 4 heteroatoms. The molecular formula is C15H13NO3. The Balaban J connectivity index is 2.49. The first kappa shape index (κ1) is 12.9. The summed E-state index contributed by atoms with van der Waals surface area (Å²) in [6.07, 6.45) is 2.71. The van der Waals surface area contributed by atoms with Crippen molar-refractivity contribution in [1.29, 1.82) is 5.26 Å². The Kier molecular flexibility index (Phi) is 3.67. The summed E-state index contributed by atoms with van der Waals surface area (Å²) < 4.78 is 5.13. The van der Waals surface area contributed by atoms with Gasteiger partial charge in [0.15, 0.2) is 0 Å². The fourth-order valence-electron chi connectivity index (χ4n) is 2.17. The van der Waals surface area contributed by atoms with Crippen molar-refractivity contribution in [3.8, 4) is 6.07 Å². The molecule has 0 bridgehead atoms. The minimum Gasteiger partial charge on any atom is -0.496 e. The second-order valence-corrected chi connectivity index (χ2v) is 4.18. The van der Waals surface area contributed by atoms with Crippen molar-refractivity contribution >= 4 is 11.5 Å². The number of hydrogen-bond acceptors (Lipinski definition) is 3. The molecule has 1 aliphatic rings. The number of aliphatic carboxylic acids is 1. The monoisotopic (exact) mass is 255 g/mol. The minimum atomic E-state index is -0.958. The zero-order valence-electron chi connectivity index (χ0n) is 10.5. The summed E-state index contributed by atoms with van der Waals surface area (Å²) >= 11 is 0. The number of ether oxygens (including phenoxy) is 1. The molecule has 4 nitrogen and oxygen atoms in total. The van der Waals surface area contributed by atoms with Crippen molar-refractivity contribution in [3.05, 3.63) is 52.8 Å². The number of nitriles is 1. The maximum Gasteiger partial charge on any atom is 0.335 e. The number of nitrogens with zero attached hydrogens (tertiary/aromatic N) is 1. The molecule has 0 unspecified atom stereocenters. The number of methoxy groups -OCH3 is 1. The van der Waals surface area contributed by atoms with Crippen molar-refractivity contribution in [2.24, 2.45) is 0 Å². The maximum atomic E-state index is 11.1. The first-order valence-corrected chi connectivity index (χ1v) is 5.88. The predicted octanol–water partition coefficient (Wildman–Crippen LogP) is 2.72. The Morgan fingerprint density at radius 2 is 2.11 bits per heavy atom. The fourth-order valence-corrected chi connectivity index (χ4v) is 2.17. The van der Waals surface area contributed by atoms with E-state index in [0.717, 1.165) is 11.1 Å². The van der Waals surface area contributed by atoms with Gasteiger partial charge in [0, 0.05) is 0 Å². The predicted molar refractivity (Wildman–Crippen MR) is 70.0 cm³/mol. The second-order valence-electron chi connectivity index (χ2n) is 4.18. The largest absolute Gasteiger partial charge is 0.496 e. The van der Waals surface area contributed by atoms with Gasteiger partial charge in [0.05, 0.1) is 24.3 Å². The van der Waals surface area contributed by atoms with Gasteiger partial charge in [-0.1, -0.05) is 18.2 Å². The molecule has 0 amide bonds. The molecule has 0 heterocycles. The smallest absolute Gasteiger partial charge is 0.335 e. The van der Waals surface area contributed by atoms with E-state index < -0.39 is 5.97 Å². The van der Waals surface area contributed by atoms with Crippen LogP contribution in [0, 0.1) is 11.3 Å². The van der Waals surface area contributed by atoms with Gasteiger partial charge in [-0.3, -0.25) is 0 Å². The first-order chi connectivity index (χ1) is 9.17. The Morgan fingerprint density at radius 3 is 2.74 bits per heavy atom. The Bertz CT molecular complexity index is 621. The van der Waals surface area contributed by atoms with Crippen LogP contribution in [0.4, 0.5) is 0 Å². The third-order valence-corrected chi connectivity index (χ3v) is 3.12. The summed E-state index contributed by atoms with van der Waals surface area (Å²) in [4.78, 5) is 11.1. The second kappa shape index (κ2) is 5.40. The van der Waals surface area contributed by atoms with Crippen LogP contribution in [0.5, 0.6) is 0 Å². The summed E-state index contributed by atoms with van der Waals surface area (Å²) in [6.45, 7) is 0. The highest BCUT2D eigenvalue weighted by Gasteiger charge is 2.21. The molecule has 2 rings (SSSR count). The Morgan fingerprint density at radius 1 is 1.37 bits per heavy atom. The quantitative estimate of drug-likeness (QED) is 0.901. The van der Waals surface area contributed by atoms with Gasteiger partial charge >= 0.3 is 5.97 Å². The van der Waals surface area contributed by atoms with Crippen molar-refractivity contribution in [2.45, 2.75) is 12.8 Å². The van der Waals surface area contributed by atoms with Gasteiger partial charge in [0.25, 0.3) is 0 Å². The molecule has 1 aromatic carbocycles. The van der Waals surface area contributed by atoms with Gasteiger partial charge in [0.2, 0.25) is 0 Å². The molecule has 0 aromatic heterocycles. The third kappa shape index (κ3) is 2.50. The summed E-state index contributed by atoms with van der Waals surface area (Å²) in [5, 5.41) is 18.2. The van der Waals surface area contributed by atoms with Crippen LogP contribution in [0.15, 0.2) is 41.7 Å². The number of carboxylic acids is 1. The molecule has 0 fully saturated rings. The molecular weight excluding hydrogens is 242 g/mol. The number of rotatable bonds is 3. The molecule has 96 valence electrons. The van der Waals surface area contributed by atoms with Gasteiger partial charge in [-0.2, -0.15) is 5.26 Å². The summed E-state index contributed by atoms with van der Waals surface area (Å²) in [6, 6.07) is 9.43. The van der Waals surface area contributed by atoms with E-state index in [0.29, 0.717) is 24.2 Å². The zero-order chi connectivity index (χ0) is 13.8. The average Bonchev–Trinajstić information content (AvgIpc) is 2.46. The number of benzene rings is 1. The first-order valence-electron chi connectivity index (χ1n) is 5.88. The van der Waals surface area contributed by atoms with E-state index in [2.05, 4.69) is 6.07 Å².